The number of rotatable bonds is 5. The summed E-state index contributed by atoms with van der Waals surface area (Å²) in [6, 6.07) is 23.4. The van der Waals surface area contributed by atoms with Crippen molar-refractivity contribution in [2.75, 3.05) is 11.0 Å². The molecule has 0 aliphatic carbocycles. The summed E-state index contributed by atoms with van der Waals surface area (Å²) >= 11 is 0. The van der Waals surface area contributed by atoms with Crippen molar-refractivity contribution in [3.63, 3.8) is 0 Å². The van der Waals surface area contributed by atoms with Gasteiger partial charge in [-0.05, 0) is 36.4 Å². The maximum atomic E-state index is 13.4. The van der Waals surface area contributed by atoms with Gasteiger partial charge in [0.1, 0.15) is 0 Å². The number of benzene rings is 2. The van der Waals surface area contributed by atoms with E-state index in [1.807, 2.05) is 48.5 Å². The maximum absolute atomic E-state index is 13.4. The second kappa shape index (κ2) is 7.96. The Labute approximate surface area is 174 Å². The molecule has 4 aromatic rings. The first-order chi connectivity index (χ1) is 14.4. The SMILES string of the molecule is CS(=O)(=O)Nc1ccccc1-c1cc(-c2ccccn2)cn(-c2ccccc2)c1=O. The lowest BCUT2D eigenvalue weighted by molar-refractivity contribution is 0.607. The minimum Gasteiger partial charge on any atom is -0.283 e. The predicted molar refractivity (Wildman–Crippen MR) is 119 cm³/mol. The van der Waals surface area contributed by atoms with E-state index in [1.54, 1.807) is 47.3 Å². The van der Waals surface area contributed by atoms with E-state index in [4.69, 9.17) is 0 Å². The van der Waals surface area contributed by atoms with Gasteiger partial charge in [-0.1, -0.05) is 42.5 Å². The van der Waals surface area contributed by atoms with Crippen LogP contribution in [0.15, 0.2) is 96.1 Å². The molecular formula is C23H19N3O3S. The summed E-state index contributed by atoms with van der Waals surface area (Å²) in [7, 11) is -3.52. The lowest BCUT2D eigenvalue weighted by Gasteiger charge is -2.15. The van der Waals surface area contributed by atoms with Crippen molar-refractivity contribution in [1.29, 1.82) is 0 Å². The van der Waals surface area contributed by atoms with Crippen molar-refractivity contribution in [2.45, 2.75) is 0 Å². The Kier molecular flexibility index (Phi) is 5.20. The molecule has 0 aliphatic heterocycles. The van der Waals surface area contributed by atoms with Crippen molar-refractivity contribution in [3.8, 4) is 28.1 Å². The Morgan fingerprint density at radius 2 is 1.57 bits per heavy atom. The number of aromatic nitrogens is 2. The molecule has 150 valence electrons. The van der Waals surface area contributed by atoms with E-state index in [-0.39, 0.29) is 5.56 Å². The molecule has 2 heterocycles. The van der Waals surface area contributed by atoms with Crippen LogP contribution >= 0.6 is 0 Å². The minimum absolute atomic E-state index is 0.261. The lowest BCUT2D eigenvalue weighted by Crippen LogP contribution is -2.21. The van der Waals surface area contributed by atoms with E-state index >= 15 is 0 Å². The largest absolute Gasteiger partial charge is 0.283 e. The zero-order chi connectivity index (χ0) is 21.1. The molecule has 0 aliphatic rings. The van der Waals surface area contributed by atoms with Gasteiger partial charge >= 0.3 is 0 Å². The second-order valence-corrected chi connectivity index (χ2v) is 8.54. The molecule has 0 fully saturated rings. The molecule has 30 heavy (non-hydrogen) atoms. The van der Waals surface area contributed by atoms with E-state index in [9.17, 15) is 13.2 Å². The smallest absolute Gasteiger partial charge is 0.263 e. The predicted octanol–water partition coefficient (Wildman–Crippen LogP) is 3.94. The molecule has 0 radical (unpaired) electrons. The number of nitrogens with zero attached hydrogens (tertiary/aromatic N) is 2. The average Bonchev–Trinajstić information content (AvgIpc) is 2.75. The van der Waals surface area contributed by atoms with Crippen LogP contribution in [0.1, 0.15) is 0 Å². The minimum atomic E-state index is -3.52. The van der Waals surface area contributed by atoms with Gasteiger partial charge in [-0.15, -0.1) is 0 Å². The topological polar surface area (TPSA) is 81.1 Å². The Balaban J connectivity index is 2.01. The number of hydrogen-bond acceptors (Lipinski definition) is 4. The number of anilines is 1. The van der Waals surface area contributed by atoms with Crippen LogP contribution in [0.3, 0.4) is 0 Å². The van der Waals surface area contributed by atoms with Crippen LogP contribution in [0.2, 0.25) is 0 Å². The van der Waals surface area contributed by atoms with Crippen molar-refractivity contribution < 1.29 is 8.42 Å². The maximum Gasteiger partial charge on any atom is 0.263 e. The van der Waals surface area contributed by atoms with Gasteiger partial charge in [0.05, 0.1) is 23.2 Å². The monoisotopic (exact) mass is 417 g/mol. The van der Waals surface area contributed by atoms with Gasteiger partial charge in [-0.25, -0.2) is 8.42 Å². The molecule has 2 aromatic heterocycles. The average molecular weight is 417 g/mol. The highest BCUT2D eigenvalue weighted by atomic mass is 32.2. The first kappa shape index (κ1) is 19.6. The van der Waals surface area contributed by atoms with Crippen LogP contribution in [-0.2, 0) is 10.0 Å². The number of nitrogens with one attached hydrogen (secondary N) is 1. The van der Waals surface area contributed by atoms with Gasteiger partial charge in [0.25, 0.3) is 5.56 Å². The van der Waals surface area contributed by atoms with Crippen LogP contribution in [0.4, 0.5) is 5.69 Å². The standard InChI is InChI=1S/C23H19N3O3S/c1-30(28,29)25-22-13-6-5-11-19(22)20-15-17(21-12-7-8-14-24-21)16-26(23(20)27)18-9-3-2-4-10-18/h2-16,25H,1H3. The summed E-state index contributed by atoms with van der Waals surface area (Å²) in [5.41, 5.74) is 3.10. The van der Waals surface area contributed by atoms with Crippen molar-refractivity contribution in [3.05, 3.63) is 102 Å². The molecule has 0 unspecified atom stereocenters. The second-order valence-electron chi connectivity index (χ2n) is 6.79. The van der Waals surface area contributed by atoms with E-state index in [2.05, 4.69) is 9.71 Å². The van der Waals surface area contributed by atoms with E-state index in [0.717, 1.165) is 11.8 Å². The van der Waals surface area contributed by atoms with E-state index < -0.39 is 10.0 Å². The van der Waals surface area contributed by atoms with Gasteiger partial charge < -0.3 is 0 Å². The van der Waals surface area contributed by atoms with Crippen molar-refractivity contribution in [1.82, 2.24) is 9.55 Å². The Morgan fingerprint density at radius 1 is 0.867 bits per heavy atom. The fourth-order valence-electron chi connectivity index (χ4n) is 3.24. The zero-order valence-corrected chi connectivity index (χ0v) is 17.0. The van der Waals surface area contributed by atoms with E-state index in [0.29, 0.717) is 28.2 Å². The third-order valence-corrected chi connectivity index (χ3v) is 5.12. The Morgan fingerprint density at radius 3 is 2.27 bits per heavy atom. The molecule has 0 bridgehead atoms. The molecule has 0 amide bonds. The summed E-state index contributed by atoms with van der Waals surface area (Å²) in [5, 5.41) is 0. The molecule has 0 spiro atoms. The van der Waals surface area contributed by atoms with Gasteiger partial charge in [0.15, 0.2) is 0 Å². The summed E-state index contributed by atoms with van der Waals surface area (Å²) in [6.07, 6.45) is 4.51. The normalized spacial score (nSPS) is 11.2. The highest BCUT2D eigenvalue weighted by Crippen LogP contribution is 2.29. The first-order valence-corrected chi connectivity index (χ1v) is 11.1. The third kappa shape index (κ3) is 4.16. The Bertz CT molecular complexity index is 1350. The first-order valence-electron chi connectivity index (χ1n) is 9.23. The summed E-state index contributed by atoms with van der Waals surface area (Å²) < 4.78 is 27.7. The van der Waals surface area contributed by atoms with E-state index in [1.165, 1.54) is 0 Å². The molecule has 7 heteroatoms. The quantitative estimate of drug-likeness (QED) is 0.533. The molecule has 0 saturated carbocycles. The Hall–Kier alpha value is -3.71. The van der Waals surface area contributed by atoms with Crippen LogP contribution in [0, 0.1) is 0 Å². The molecule has 2 aromatic carbocycles. The summed E-state index contributed by atoms with van der Waals surface area (Å²) in [6.45, 7) is 0. The van der Waals surface area contributed by atoms with Crippen LogP contribution in [0.5, 0.6) is 0 Å². The molecule has 1 N–H and O–H groups in total. The molecule has 4 rings (SSSR count). The highest BCUT2D eigenvalue weighted by molar-refractivity contribution is 7.92. The van der Waals surface area contributed by atoms with Crippen LogP contribution < -0.4 is 10.3 Å². The van der Waals surface area contributed by atoms with Crippen LogP contribution in [0.25, 0.3) is 28.1 Å². The summed E-state index contributed by atoms with van der Waals surface area (Å²) in [5.74, 6) is 0. The number of para-hydroxylation sites is 2. The third-order valence-electron chi connectivity index (χ3n) is 4.52. The molecule has 0 atom stereocenters. The zero-order valence-electron chi connectivity index (χ0n) is 16.2. The molecule has 6 nitrogen and oxygen atoms in total. The van der Waals surface area contributed by atoms with Gasteiger partial charge in [-0.2, -0.15) is 0 Å². The number of pyridine rings is 2. The fourth-order valence-corrected chi connectivity index (χ4v) is 3.81. The van der Waals surface area contributed by atoms with Crippen molar-refractivity contribution >= 4 is 15.7 Å². The summed E-state index contributed by atoms with van der Waals surface area (Å²) in [4.78, 5) is 17.8. The molecular weight excluding hydrogens is 398 g/mol. The number of hydrogen-bond donors (Lipinski definition) is 1. The van der Waals surface area contributed by atoms with Gasteiger partial charge in [0, 0.05) is 29.2 Å². The lowest BCUT2D eigenvalue weighted by atomic mass is 10.0. The van der Waals surface area contributed by atoms with Gasteiger partial charge in [-0.3, -0.25) is 19.1 Å². The molecule has 0 saturated heterocycles. The highest BCUT2D eigenvalue weighted by Gasteiger charge is 2.16. The number of sulfonamides is 1. The fraction of sp³-hybridized carbons (Fsp3) is 0.0435. The van der Waals surface area contributed by atoms with Gasteiger partial charge in [0.2, 0.25) is 10.0 Å². The van der Waals surface area contributed by atoms with Crippen LogP contribution in [-0.4, -0.2) is 24.2 Å². The van der Waals surface area contributed by atoms with Crippen molar-refractivity contribution in [2.24, 2.45) is 0 Å².